The number of carbonyl (C=O) groups excluding carboxylic acids is 1. The molecular weight excluding hydrogens is 268 g/mol. The van der Waals surface area contributed by atoms with Crippen molar-refractivity contribution in [2.45, 2.75) is 0 Å². The summed E-state index contributed by atoms with van der Waals surface area (Å²) in [5, 5.41) is 2.68. The fraction of sp³-hybridized carbons (Fsp3) is 0.167. The van der Waals surface area contributed by atoms with Gasteiger partial charge in [0.05, 0.1) is 0 Å². The van der Waals surface area contributed by atoms with Gasteiger partial charge < -0.3 is 10.6 Å². The molecule has 0 saturated carbocycles. The van der Waals surface area contributed by atoms with E-state index in [1.807, 2.05) is 0 Å². The van der Waals surface area contributed by atoms with Gasteiger partial charge in [0.1, 0.15) is 10.7 Å². The number of halogens is 3. The van der Waals surface area contributed by atoms with Gasteiger partial charge in [-0.05, 0) is 23.1 Å². The van der Waals surface area contributed by atoms with Crippen LogP contribution >= 0.6 is 35.5 Å². The fourth-order valence-electron chi connectivity index (χ4n) is 0.673. The summed E-state index contributed by atoms with van der Waals surface area (Å²) in [5.74, 6) is 0. The summed E-state index contributed by atoms with van der Waals surface area (Å²) in [7, 11) is 0. The number of alkyl halides is 1. The van der Waals surface area contributed by atoms with Crippen molar-refractivity contribution in [3.63, 3.8) is 0 Å². The predicted octanol–water partition coefficient (Wildman–Crippen LogP) is 1.56. The Morgan fingerprint density at radius 1 is 1.80 bits per heavy atom. The van der Waals surface area contributed by atoms with Gasteiger partial charge in [0.2, 0.25) is 0 Å². The second kappa shape index (κ2) is 6.54. The number of oxime groups is 1. The molecule has 1 aromatic rings. The van der Waals surface area contributed by atoms with E-state index in [0.29, 0.717) is 5.00 Å². The van der Waals surface area contributed by atoms with Crippen LogP contribution in [0.15, 0.2) is 11.2 Å². The molecule has 0 unspecified atom stereocenters. The van der Waals surface area contributed by atoms with Crippen LogP contribution in [0.5, 0.6) is 0 Å². The molecule has 0 aromatic carbocycles. The van der Waals surface area contributed by atoms with Gasteiger partial charge in [0.15, 0.2) is 5.71 Å². The molecule has 0 radical (unpaired) electrons. The van der Waals surface area contributed by atoms with Crippen molar-refractivity contribution in [1.82, 2.24) is 4.37 Å². The molecule has 1 rings (SSSR count). The van der Waals surface area contributed by atoms with Gasteiger partial charge in [-0.2, -0.15) is 4.37 Å². The minimum atomic E-state index is -1.15. The highest BCUT2D eigenvalue weighted by atomic mass is 35.5. The van der Waals surface area contributed by atoms with E-state index >= 15 is 0 Å². The van der Waals surface area contributed by atoms with Crippen LogP contribution in [-0.4, -0.2) is 22.2 Å². The zero-order chi connectivity index (χ0) is 10.6. The maximum absolute atomic E-state index is 11.6. The first kappa shape index (κ1) is 14.1. The van der Waals surface area contributed by atoms with Gasteiger partial charge in [0.25, 0.3) is 12.1 Å². The SMILES string of the molecule is Cl.Nc1cc(/C(=N/OCF)C(=O)Cl)ns1. The molecule has 2 N–H and O–H groups in total. The summed E-state index contributed by atoms with van der Waals surface area (Å²) >= 11 is 6.15. The normalized spacial score (nSPS) is 10.7. The second-order valence-corrected chi connectivity index (χ2v) is 3.25. The lowest BCUT2D eigenvalue weighted by atomic mass is 10.3. The molecule has 84 valence electrons. The van der Waals surface area contributed by atoms with Gasteiger partial charge >= 0.3 is 0 Å². The molecular formula is C6H6Cl2FN3O2S. The molecule has 5 nitrogen and oxygen atoms in total. The quantitative estimate of drug-likeness (QED) is 0.513. The van der Waals surface area contributed by atoms with Crippen molar-refractivity contribution in [3.05, 3.63) is 11.8 Å². The summed E-state index contributed by atoms with van der Waals surface area (Å²) in [4.78, 5) is 14.9. The Morgan fingerprint density at radius 2 is 2.47 bits per heavy atom. The van der Waals surface area contributed by atoms with E-state index in [9.17, 15) is 9.18 Å². The molecule has 0 amide bonds. The highest BCUT2D eigenvalue weighted by molar-refractivity contribution is 7.10. The Labute approximate surface area is 99.6 Å². The molecule has 15 heavy (non-hydrogen) atoms. The standard InChI is InChI=1S/C6H5ClFN3O2S.ClH/c7-6(12)5(10-13-2-8)3-1-4(9)14-11-3;/h1H,2,9H2;1H/b10-5-;. The van der Waals surface area contributed by atoms with Crippen molar-refractivity contribution in [2.75, 3.05) is 12.6 Å². The number of rotatable bonds is 4. The lowest BCUT2D eigenvalue weighted by Crippen LogP contribution is -2.10. The lowest BCUT2D eigenvalue weighted by molar-refractivity contribution is -0.106. The van der Waals surface area contributed by atoms with Crippen LogP contribution in [-0.2, 0) is 9.63 Å². The molecule has 9 heteroatoms. The second-order valence-electron chi connectivity index (χ2n) is 2.07. The Morgan fingerprint density at radius 3 is 2.87 bits per heavy atom. The number of nitrogen functional groups attached to an aromatic ring is 1. The third-order valence-corrected chi connectivity index (χ3v) is 1.96. The van der Waals surface area contributed by atoms with E-state index in [1.54, 1.807) is 0 Å². The van der Waals surface area contributed by atoms with Crippen molar-refractivity contribution in [2.24, 2.45) is 5.16 Å². The van der Waals surface area contributed by atoms with E-state index in [-0.39, 0.29) is 23.8 Å². The van der Waals surface area contributed by atoms with E-state index in [2.05, 4.69) is 14.4 Å². The van der Waals surface area contributed by atoms with Gasteiger partial charge in [-0.3, -0.25) is 4.79 Å². The Balaban J connectivity index is 0.00000196. The third-order valence-electron chi connectivity index (χ3n) is 1.16. The summed E-state index contributed by atoms with van der Waals surface area (Å²) in [6.45, 7) is -1.15. The van der Waals surface area contributed by atoms with Gasteiger partial charge in [-0.1, -0.05) is 5.16 Å². The first-order valence-electron chi connectivity index (χ1n) is 3.33. The Bertz CT molecular complexity index is 371. The molecule has 0 atom stereocenters. The van der Waals surface area contributed by atoms with Crippen molar-refractivity contribution in [1.29, 1.82) is 0 Å². The number of nitrogens with zero attached hydrogens (tertiary/aromatic N) is 2. The van der Waals surface area contributed by atoms with Crippen LogP contribution < -0.4 is 5.73 Å². The van der Waals surface area contributed by atoms with Gasteiger partial charge in [-0.15, -0.1) is 12.4 Å². The van der Waals surface area contributed by atoms with Crippen molar-refractivity contribution < 1.29 is 14.0 Å². The predicted molar refractivity (Wildman–Crippen MR) is 58.2 cm³/mol. The van der Waals surface area contributed by atoms with Crippen LogP contribution in [0.2, 0.25) is 0 Å². The zero-order valence-corrected chi connectivity index (χ0v) is 9.53. The minimum Gasteiger partial charge on any atom is -0.389 e. The zero-order valence-electron chi connectivity index (χ0n) is 7.15. The number of hydrogen-bond donors (Lipinski definition) is 1. The summed E-state index contributed by atoms with van der Waals surface area (Å²) in [5.41, 5.74) is 5.28. The van der Waals surface area contributed by atoms with Crippen LogP contribution in [0.1, 0.15) is 5.69 Å². The van der Waals surface area contributed by atoms with Gasteiger partial charge in [0, 0.05) is 6.07 Å². The highest BCUT2D eigenvalue weighted by Gasteiger charge is 2.15. The van der Waals surface area contributed by atoms with E-state index < -0.39 is 12.1 Å². The lowest BCUT2D eigenvalue weighted by Gasteiger charge is -1.94. The highest BCUT2D eigenvalue weighted by Crippen LogP contribution is 2.13. The molecule has 0 aliphatic carbocycles. The first-order chi connectivity index (χ1) is 6.65. The molecule has 1 heterocycles. The van der Waals surface area contributed by atoms with Crippen LogP contribution in [0.25, 0.3) is 0 Å². The molecule has 0 saturated heterocycles. The molecule has 0 aliphatic rings. The van der Waals surface area contributed by atoms with E-state index in [0.717, 1.165) is 11.5 Å². The molecule has 0 fully saturated rings. The van der Waals surface area contributed by atoms with Gasteiger partial charge in [-0.25, -0.2) is 4.39 Å². The average Bonchev–Trinajstić information content (AvgIpc) is 2.52. The monoisotopic (exact) mass is 273 g/mol. The molecule has 0 spiro atoms. The fourth-order valence-corrected chi connectivity index (χ4v) is 1.31. The number of carbonyl (C=O) groups is 1. The maximum Gasteiger partial charge on any atom is 0.276 e. The van der Waals surface area contributed by atoms with E-state index in [4.69, 9.17) is 17.3 Å². The summed E-state index contributed by atoms with van der Waals surface area (Å²) < 4.78 is 15.4. The molecule has 0 bridgehead atoms. The molecule has 1 aromatic heterocycles. The topological polar surface area (TPSA) is 77.6 Å². The third kappa shape index (κ3) is 3.98. The molecule has 0 aliphatic heterocycles. The number of anilines is 1. The smallest absolute Gasteiger partial charge is 0.276 e. The van der Waals surface area contributed by atoms with E-state index in [1.165, 1.54) is 6.07 Å². The average molecular weight is 274 g/mol. The van der Waals surface area contributed by atoms with Crippen LogP contribution in [0.4, 0.5) is 9.39 Å². The van der Waals surface area contributed by atoms with Crippen LogP contribution in [0, 0.1) is 0 Å². The number of aromatic nitrogens is 1. The van der Waals surface area contributed by atoms with Crippen molar-refractivity contribution in [3.8, 4) is 0 Å². The summed E-state index contributed by atoms with van der Waals surface area (Å²) in [6.07, 6.45) is 0. The summed E-state index contributed by atoms with van der Waals surface area (Å²) in [6, 6.07) is 1.39. The van der Waals surface area contributed by atoms with Crippen molar-refractivity contribution >= 4 is 51.5 Å². The maximum atomic E-state index is 11.6. The largest absolute Gasteiger partial charge is 0.389 e. The number of hydrogen-bond acceptors (Lipinski definition) is 6. The Hall–Kier alpha value is -0.920. The minimum absolute atomic E-state index is 0. The number of nitrogens with two attached hydrogens (primary N) is 1. The first-order valence-corrected chi connectivity index (χ1v) is 4.48. The van der Waals surface area contributed by atoms with Crippen LogP contribution in [0.3, 0.4) is 0 Å². The Kier molecular flexibility index (Phi) is 6.14.